The smallest absolute Gasteiger partial charge is 0.258 e. The first kappa shape index (κ1) is 19.5. The van der Waals surface area contributed by atoms with Crippen molar-refractivity contribution in [2.75, 3.05) is 12.3 Å². The Labute approximate surface area is 180 Å². The molecule has 1 N–H and O–H groups in total. The van der Waals surface area contributed by atoms with Crippen LogP contribution in [-0.2, 0) is 24.1 Å². The van der Waals surface area contributed by atoms with Gasteiger partial charge in [0.1, 0.15) is 0 Å². The van der Waals surface area contributed by atoms with E-state index in [1.54, 1.807) is 27.7 Å². The molecule has 1 unspecified atom stereocenters. The van der Waals surface area contributed by atoms with Crippen molar-refractivity contribution in [2.45, 2.75) is 50.2 Å². The molecule has 0 saturated carbocycles. The monoisotopic (exact) mass is 443 g/mol. The maximum atomic E-state index is 12.8. The summed E-state index contributed by atoms with van der Waals surface area (Å²) in [6.07, 6.45) is 3.44. The fraction of sp³-hybridized carbons (Fsp3) is 0.450. The van der Waals surface area contributed by atoms with Crippen LogP contribution in [0, 0.1) is 6.92 Å². The summed E-state index contributed by atoms with van der Waals surface area (Å²) >= 11 is 2.97. The van der Waals surface area contributed by atoms with Gasteiger partial charge in [-0.05, 0) is 26.2 Å². The summed E-state index contributed by atoms with van der Waals surface area (Å²) in [5, 5.41) is 5.58. The molecule has 8 nitrogen and oxygen atoms in total. The first-order chi connectivity index (χ1) is 14.5. The molecule has 0 saturated heterocycles. The Morgan fingerprint density at radius 1 is 1.30 bits per heavy atom. The molecule has 0 fully saturated rings. The van der Waals surface area contributed by atoms with Crippen molar-refractivity contribution in [2.24, 2.45) is 0 Å². The number of fused-ring (bicyclic) bond motifs is 3. The number of hydrogen-bond acceptors (Lipinski definition) is 7. The number of carbonyl (C=O) groups excluding carboxylic acids is 1. The molecular formula is C20H21N5O3S2. The second kappa shape index (κ2) is 7.66. The molecule has 0 aromatic carbocycles. The van der Waals surface area contributed by atoms with E-state index in [0.29, 0.717) is 29.4 Å². The normalized spacial score (nSPS) is 17.3. The summed E-state index contributed by atoms with van der Waals surface area (Å²) in [4.78, 5) is 47.3. The lowest BCUT2D eigenvalue weighted by molar-refractivity contribution is -0.121. The second-order valence-electron chi connectivity index (χ2n) is 7.70. The number of rotatable bonds is 5. The Bertz CT molecular complexity index is 1280. The van der Waals surface area contributed by atoms with Gasteiger partial charge in [0, 0.05) is 53.5 Å². The molecular weight excluding hydrogens is 422 g/mol. The van der Waals surface area contributed by atoms with Crippen molar-refractivity contribution in [1.82, 2.24) is 24.3 Å². The minimum atomic E-state index is -0.160. The van der Waals surface area contributed by atoms with Crippen LogP contribution in [0.5, 0.6) is 0 Å². The van der Waals surface area contributed by atoms with Gasteiger partial charge in [0.2, 0.25) is 5.91 Å². The van der Waals surface area contributed by atoms with Gasteiger partial charge < -0.3 is 5.32 Å². The summed E-state index contributed by atoms with van der Waals surface area (Å²) in [5.74, 6) is 0.593. The topological polar surface area (TPSA) is 98.4 Å². The third kappa shape index (κ3) is 3.37. The average molecular weight is 444 g/mol. The molecule has 1 atom stereocenters. The van der Waals surface area contributed by atoms with Gasteiger partial charge in [-0.25, -0.2) is 9.97 Å². The number of nitrogens with one attached hydrogen (secondary N) is 1. The molecule has 2 aliphatic rings. The van der Waals surface area contributed by atoms with Gasteiger partial charge in [-0.15, -0.1) is 11.3 Å². The number of aromatic nitrogens is 4. The summed E-state index contributed by atoms with van der Waals surface area (Å²) in [7, 11) is 0. The molecule has 1 amide bonds. The van der Waals surface area contributed by atoms with E-state index in [9.17, 15) is 14.4 Å². The van der Waals surface area contributed by atoms with E-state index in [1.807, 2.05) is 5.38 Å². The molecule has 0 radical (unpaired) electrons. The Balaban J connectivity index is 1.24. The molecule has 4 heterocycles. The van der Waals surface area contributed by atoms with Crippen molar-refractivity contribution < 1.29 is 4.79 Å². The van der Waals surface area contributed by atoms with E-state index in [2.05, 4.69) is 15.3 Å². The molecule has 3 aromatic rings. The van der Waals surface area contributed by atoms with Crippen molar-refractivity contribution in [3.8, 4) is 0 Å². The van der Waals surface area contributed by atoms with E-state index in [-0.39, 0.29) is 29.5 Å². The number of thioether (sulfide) groups is 1. The van der Waals surface area contributed by atoms with Gasteiger partial charge in [0.15, 0.2) is 10.1 Å². The number of carbonyl (C=O) groups is 1. The van der Waals surface area contributed by atoms with Crippen molar-refractivity contribution in [1.29, 1.82) is 0 Å². The standard InChI is InChI=1S/C20H21N5O3S2/c1-11-7-17(27)24-12(9-29-19(24)22-11)5-6-21-16(26)8-13-10-30-20-23-15-4-2-3-14(15)18(28)25(13)20/h7,9,13H,2-6,8,10H2,1H3,(H,21,26). The SMILES string of the molecule is Cc1cc(=O)n2c(CCNC(=O)CC3CSc4nc5c(c(=O)n43)CCC5)csc2n1. The van der Waals surface area contributed by atoms with Gasteiger partial charge in [0.05, 0.1) is 11.7 Å². The number of nitrogens with zero attached hydrogens (tertiary/aromatic N) is 4. The zero-order valence-corrected chi connectivity index (χ0v) is 18.1. The highest BCUT2D eigenvalue weighted by Gasteiger charge is 2.31. The first-order valence-corrected chi connectivity index (χ1v) is 11.9. The second-order valence-corrected chi connectivity index (χ2v) is 9.52. The molecule has 10 heteroatoms. The number of hydrogen-bond donors (Lipinski definition) is 1. The maximum Gasteiger partial charge on any atom is 0.258 e. The molecule has 1 aliphatic carbocycles. The first-order valence-electron chi connectivity index (χ1n) is 10.0. The highest BCUT2D eigenvalue weighted by atomic mass is 32.2. The molecule has 156 valence electrons. The molecule has 0 spiro atoms. The molecule has 3 aromatic heterocycles. The van der Waals surface area contributed by atoms with Crippen molar-refractivity contribution >= 4 is 34.0 Å². The molecule has 0 bridgehead atoms. The van der Waals surface area contributed by atoms with E-state index >= 15 is 0 Å². The van der Waals surface area contributed by atoms with Crippen LogP contribution < -0.4 is 16.4 Å². The minimum absolute atomic E-state index is 0.0298. The summed E-state index contributed by atoms with van der Waals surface area (Å²) < 4.78 is 3.31. The number of thiazole rings is 1. The fourth-order valence-corrected chi connectivity index (χ4v) is 6.31. The molecule has 30 heavy (non-hydrogen) atoms. The third-order valence-corrected chi connectivity index (χ3v) is 7.57. The minimum Gasteiger partial charge on any atom is -0.356 e. The summed E-state index contributed by atoms with van der Waals surface area (Å²) in [5.41, 5.74) is 3.23. The van der Waals surface area contributed by atoms with Gasteiger partial charge in [-0.2, -0.15) is 0 Å². The van der Waals surface area contributed by atoms with E-state index in [1.165, 1.54) is 17.4 Å². The third-order valence-electron chi connectivity index (χ3n) is 5.60. The lowest BCUT2D eigenvalue weighted by Crippen LogP contribution is -2.33. The Morgan fingerprint density at radius 3 is 3.03 bits per heavy atom. The Hall–Kier alpha value is -2.46. The predicted molar refractivity (Wildman–Crippen MR) is 116 cm³/mol. The van der Waals surface area contributed by atoms with Crippen molar-refractivity contribution in [3.05, 3.63) is 54.8 Å². The van der Waals surface area contributed by atoms with Gasteiger partial charge in [-0.3, -0.25) is 23.4 Å². The van der Waals surface area contributed by atoms with Crippen LogP contribution in [0.25, 0.3) is 4.96 Å². The lowest BCUT2D eigenvalue weighted by Gasteiger charge is -2.14. The van der Waals surface area contributed by atoms with Crippen LogP contribution in [-0.4, -0.2) is 37.1 Å². The van der Waals surface area contributed by atoms with Gasteiger partial charge in [0.25, 0.3) is 11.1 Å². The van der Waals surface area contributed by atoms with Crippen LogP contribution >= 0.6 is 23.1 Å². The highest BCUT2D eigenvalue weighted by molar-refractivity contribution is 7.99. The summed E-state index contributed by atoms with van der Waals surface area (Å²) in [6, 6.07) is 1.35. The average Bonchev–Trinajstić information content (AvgIpc) is 3.41. The van der Waals surface area contributed by atoms with Gasteiger partial charge in [-0.1, -0.05) is 11.8 Å². The summed E-state index contributed by atoms with van der Waals surface area (Å²) in [6.45, 7) is 2.23. The maximum absolute atomic E-state index is 12.8. The van der Waals surface area contributed by atoms with Crippen molar-refractivity contribution in [3.63, 3.8) is 0 Å². The molecule has 5 rings (SSSR count). The van der Waals surface area contributed by atoms with Crippen LogP contribution in [0.2, 0.25) is 0 Å². The van der Waals surface area contributed by atoms with Gasteiger partial charge >= 0.3 is 0 Å². The largest absolute Gasteiger partial charge is 0.356 e. The van der Waals surface area contributed by atoms with E-state index < -0.39 is 0 Å². The lowest BCUT2D eigenvalue weighted by atomic mass is 10.2. The Kier molecular flexibility index (Phi) is 4.98. The zero-order valence-electron chi connectivity index (χ0n) is 16.5. The van der Waals surface area contributed by atoms with Crippen LogP contribution in [0.1, 0.15) is 41.5 Å². The van der Waals surface area contributed by atoms with E-state index in [4.69, 9.17) is 0 Å². The van der Waals surface area contributed by atoms with E-state index in [0.717, 1.165) is 41.4 Å². The number of aryl methyl sites for hydroxylation is 2. The molecule has 1 aliphatic heterocycles. The predicted octanol–water partition coefficient (Wildman–Crippen LogP) is 1.51. The number of amides is 1. The van der Waals surface area contributed by atoms with Crippen LogP contribution in [0.3, 0.4) is 0 Å². The quantitative estimate of drug-likeness (QED) is 0.600. The van der Waals surface area contributed by atoms with Crippen LogP contribution in [0.15, 0.2) is 26.2 Å². The zero-order chi connectivity index (χ0) is 20.8. The Morgan fingerprint density at radius 2 is 2.17 bits per heavy atom. The van der Waals surface area contributed by atoms with Crippen LogP contribution in [0.4, 0.5) is 0 Å². The fourth-order valence-electron chi connectivity index (χ4n) is 4.18. The highest BCUT2D eigenvalue weighted by Crippen LogP contribution is 2.33.